The molecule has 1 heterocycles. The smallest absolute Gasteiger partial charge is 0.261 e. The molecule has 0 fully saturated rings. The van der Waals surface area contributed by atoms with Crippen molar-refractivity contribution in [1.82, 2.24) is 4.98 Å². The van der Waals surface area contributed by atoms with Gasteiger partial charge in [-0.2, -0.15) is 18.3 Å². The van der Waals surface area contributed by atoms with Gasteiger partial charge in [0.1, 0.15) is 5.82 Å². The molecule has 0 aliphatic heterocycles. The Labute approximate surface area is 130 Å². The largest absolute Gasteiger partial charge is 0.416 e. The van der Waals surface area contributed by atoms with Crippen molar-refractivity contribution in [3.8, 4) is 0 Å². The van der Waals surface area contributed by atoms with Gasteiger partial charge in [-0.25, -0.2) is 4.98 Å². The van der Waals surface area contributed by atoms with Crippen LogP contribution in [-0.4, -0.2) is 11.2 Å². The van der Waals surface area contributed by atoms with Crippen molar-refractivity contribution in [3.63, 3.8) is 0 Å². The van der Waals surface area contributed by atoms with Crippen LogP contribution >= 0.6 is 0 Å². The fraction of sp³-hybridized carbons (Fsp3) is 0.0588. The number of alkyl halides is 3. The minimum atomic E-state index is -4.33. The maximum absolute atomic E-state index is 12.5. The third kappa shape index (κ3) is 3.66. The van der Waals surface area contributed by atoms with Gasteiger partial charge in [-0.05, 0) is 35.9 Å². The second kappa shape index (κ2) is 6.08. The molecule has 0 aliphatic rings. The molecule has 0 radical (unpaired) electrons. The summed E-state index contributed by atoms with van der Waals surface area (Å²) in [4.78, 5) is 4.38. The Bertz CT molecular complexity index is 840. The first kappa shape index (κ1) is 15.0. The van der Waals surface area contributed by atoms with Gasteiger partial charge in [-0.3, -0.25) is 5.43 Å². The number of hydrogen-bond donors (Lipinski definition) is 1. The van der Waals surface area contributed by atoms with Crippen molar-refractivity contribution in [3.05, 3.63) is 71.8 Å². The van der Waals surface area contributed by atoms with E-state index in [4.69, 9.17) is 0 Å². The highest BCUT2D eigenvalue weighted by Crippen LogP contribution is 2.28. The zero-order valence-corrected chi connectivity index (χ0v) is 11.9. The van der Waals surface area contributed by atoms with Crippen LogP contribution in [0.4, 0.5) is 19.0 Å². The van der Waals surface area contributed by atoms with Crippen molar-refractivity contribution in [2.24, 2.45) is 5.10 Å². The summed E-state index contributed by atoms with van der Waals surface area (Å²) < 4.78 is 37.4. The van der Waals surface area contributed by atoms with Gasteiger partial charge < -0.3 is 0 Å². The number of hydrazone groups is 1. The van der Waals surface area contributed by atoms with E-state index in [-0.39, 0.29) is 0 Å². The van der Waals surface area contributed by atoms with E-state index in [0.717, 1.165) is 23.0 Å². The number of benzene rings is 2. The summed E-state index contributed by atoms with van der Waals surface area (Å²) in [6.45, 7) is 0. The summed E-state index contributed by atoms with van der Waals surface area (Å²) in [5.74, 6) is 0.562. The minimum Gasteiger partial charge on any atom is -0.261 e. The van der Waals surface area contributed by atoms with Crippen LogP contribution in [0.2, 0.25) is 0 Å². The molecular formula is C17H12F3N3. The maximum atomic E-state index is 12.5. The zero-order valence-electron chi connectivity index (χ0n) is 11.9. The number of nitrogens with zero attached hydrogens (tertiary/aromatic N) is 2. The molecule has 3 nitrogen and oxygen atoms in total. The molecule has 0 amide bonds. The van der Waals surface area contributed by atoms with Crippen LogP contribution in [0, 0.1) is 0 Å². The Hall–Kier alpha value is -2.89. The topological polar surface area (TPSA) is 37.3 Å². The summed E-state index contributed by atoms with van der Waals surface area (Å²) in [5, 5.41) is 5.01. The molecule has 2 aromatic carbocycles. The van der Waals surface area contributed by atoms with Crippen LogP contribution in [0.5, 0.6) is 0 Å². The van der Waals surface area contributed by atoms with Gasteiger partial charge in [0.15, 0.2) is 0 Å². The van der Waals surface area contributed by atoms with Crippen molar-refractivity contribution in [2.45, 2.75) is 6.18 Å². The molecule has 0 aliphatic carbocycles. The van der Waals surface area contributed by atoms with E-state index in [1.54, 1.807) is 6.07 Å². The quantitative estimate of drug-likeness (QED) is 0.562. The van der Waals surface area contributed by atoms with E-state index in [1.807, 2.05) is 30.3 Å². The van der Waals surface area contributed by atoms with Crippen LogP contribution in [-0.2, 0) is 6.18 Å². The third-order valence-corrected chi connectivity index (χ3v) is 3.23. The molecule has 0 saturated heterocycles. The molecule has 0 spiro atoms. The predicted octanol–water partition coefficient (Wildman–Crippen LogP) is 4.70. The molecule has 0 saturated carbocycles. The highest BCUT2D eigenvalue weighted by Gasteiger charge is 2.29. The monoisotopic (exact) mass is 315 g/mol. The Morgan fingerprint density at radius 2 is 1.65 bits per heavy atom. The number of rotatable bonds is 3. The normalized spacial score (nSPS) is 12.0. The zero-order chi connectivity index (χ0) is 16.3. The number of para-hydroxylation sites is 1. The molecular weight excluding hydrogens is 303 g/mol. The van der Waals surface area contributed by atoms with Crippen molar-refractivity contribution < 1.29 is 13.2 Å². The molecule has 0 unspecified atom stereocenters. The average molecular weight is 315 g/mol. The van der Waals surface area contributed by atoms with E-state index < -0.39 is 11.7 Å². The second-order valence-electron chi connectivity index (χ2n) is 4.88. The first-order valence-electron chi connectivity index (χ1n) is 6.84. The lowest BCUT2D eigenvalue weighted by molar-refractivity contribution is -0.137. The number of anilines is 1. The maximum Gasteiger partial charge on any atom is 0.416 e. The lowest BCUT2D eigenvalue weighted by Gasteiger charge is -2.05. The standard InChI is InChI=1S/C17H12F3N3/c18-17(19,20)14-8-5-12(6-9-14)11-21-23-16-10-7-13-3-1-2-4-15(13)22-16/h1-11H,(H,22,23). The number of fused-ring (bicyclic) bond motifs is 1. The first-order valence-corrected chi connectivity index (χ1v) is 6.84. The Balaban J connectivity index is 1.70. The third-order valence-electron chi connectivity index (χ3n) is 3.23. The van der Waals surface area contributed by atoms with Crippen molar-refractivity contribution in [2.75, 3.05) is 5.43 Å². The van der Waals surface area contributed by atoms with E-state index in [9.17, 15) is 13.2 Å². The molecule has 3 rings (SSSR count). The van der Waals surface area contributed by atoms with E-state index in [2.05, 4.69) is 15.5 Å². The van der Waals surface area contributed by atoms with Crippen molar-refractivity contribution in [1.29, 1.82) is 0 Å². The lowest BCUT2D eigenvalue weighted by Crippen LogP contribution is -2.04. The molecule has 3 aromatic rings. The van der Waals surface area contributed by atoms with Gasteiger partial charge in [0.2, 0.25) is 0 Å². The Morgan fingerprint density at radius 1 is 0.913 bits per heavy atom. The summed E-state index contributed by atoms with van der Waals surface area (Å²) >= 11 is 0. The van der Waals surface area contributed by atoms with Gasteiger partial charge >= 0.3 is 6.18 Å². The molecule has 116 valence electrons. The van der Waals surface area contributed by atoms with Crippen LogP contribution in [0.1, 0.15) is 11.1 Å². The number of hydrogen-bond acceptors (Lipinski definition) is 3. The van der Waals surface area contributed by atoms with Crippen molar-refractivity contribution >= 4 is 22.9 Å². The van der Waals surface area contributed by atoms with Gasteiger partial charge in [-0.15, -0.1) is 0 Å². The SMILES string of the molecule is FC(F)(F)c1ccc(C=NNc2ccc3ccccc3n2)cc1. The molecule has 0 atom stereocenters. The minimum absolute atomic E-state index is 0.561. The van der Waals surface area contributed by atoms with Crippen LogP contribution < -0.4 is 5.43 Å². The molecule has 1 N–H and O–H groups in total. The fourth-order valence-corrected chi connectivity index (χ4v) is 2.06. The second-order valence-corrected chi connectivity index (χ2v) is 4.88. The van der Waals surface area contributed by atoms with Gasteiger partial charge in [0, 0.05) is 5.39 Å². The van der Waals surface area contributed by atoms with E-state index in [1.165, 1.54) is 18.3 Å². The molecule has 1 aromatic heterocycles. The van der Waals surface area contributed by atoms with Crippen LogP contribution in [0.3, 0.4) is 0 Å². The Morgan fingerprint density at radius 3 is 2.39 bits per heavy atom. The van der Waals surface area contributed by atoms with Crippen LogP contribution in [0.25, 0.3) is 10.9 Å². The number of aromatic nitrogens is 1. The number of nitrogens with one attached hydrogen (secondary N) is 1. The molecule has 23 heavy (non-hydrogen) atoms. The number of halogens is 3. The molecule has 0 bridgehead atoms. The summed E-state index contributed by atoms with van der Waals surface area (Å²) in [6.07, 6.45) is -2.89. The number of pyridine rings is 1. The average Bonchev–Trinajstić information content (AvgIpc) is 2.54. The van der Waals surface area contributed by atoms with Crippen LogP contribution in [0.15, 0.2) is 65.8 Å². The van der Waals surface area contributed by atoms with Gasteiger partial charge in [-0.1, -0.05) is 30.3 Å². The highest BCUT2D eigenvalue weighted by molar-refractivity contribution is 5.81. The summed E-state index contributed by atoms with van der Waals surface area (Å²) in [7, 11) is 0. The summed E-state index contributed by atoms with van der Waals surface area (Å²) in [5.41, 5.74) is 3.48. The summed E-state index contributed by atoms with van der Waals surface area (Å²) in [6, 6.07) is 16.1. The molecule has 6 heteroatoms. The first-order chi connectivity index (χ1) is 11.0. The fourth-order valence-electron chi connectivity index (χ4n) is 2.06. The van der Waals surface area contributed by atoms with E-state index >= 15 is 0 Å². The Kier molecular flexibility index (Phi) is 3.97. The lowest BCUT2D eigenvalue weighted by atomic mass is 10.1. The predicted molar refractivity (Wildman–Crippen MR) is 84.4 cm³/mol. The van der Waals surface area contributed by atoms with E-state index in [0.29, 0.717) is 11.4 Å². The van der Waals surface area contributed by atoms with Gasteiger partial charge in [0.05, 0.1) is 17.3 Å². The van der Waals surface area contributed by atoms with Gasteiger partial charge in [0.25, 0.3) is 0 Å². The highest BCUT2D eigenvalue weighted by atomic mass is 19.4.